The molecule has 0 amide bonds. The van der Waals surface area contributed by atoms with E-state index in [2.05, 4.69) is 6.33 Å². The van der Waals surface area contributed by atoms with Crippen LogP contribution in [0.25, 0.3) is 44.6 Å². The number of benzene rings is 4. The largest absolute Gasteiger partial charge is 0.512 e. The van der Waals surface area contributed by atoms with Crippen LogP contribution in [0.5, 0.6) is 11.5 Å². The van der Waals surface area contributed by atoms with Crippen molar-refractivity contribution < 1.29 is 35.8 Å². The van der Waals surface area contributed by atoms with E-state index in [1.165, 1.54) is 0 Å². The van der Waals surface area contributed by atoms with Gasteiger partial charge in [-0.3, -0.25) is 4.57 Å². The van der Waals surface area contributed by atoms with Gasteiger partial charge in [-0.1, -0.05) is 78.9 Å². The number of pyridine rings is 1. The summed E-state index contributed by atoms with van der Waals surface area (Å²) in [5, 5.41) is 23.0. The van der Waals surface area contributed by atoms with Crippen LogP contribution in [0.1, 0.15) is 0 Å². The minimum Gasteiger partial charge on any atom is -0.512 e. The zero-order chi connectivity index (χ0) is 22.4. The van der Waals surface area contributed by atoms with Crippen molar-refractivity contribution in [2.24, 2.45) is 0 Å². The first kappa shape index (κ1) is 21.9. The van der Waals surface area contributed by atoms with Gasteiger partial charge in [0.05, 0.1) is 11.3 Å². The summed E-state index contributed by atoms with van der Waals surface area (Å²) in [6, 6.07) is 32.3. The summed E-state index contributed by atoms with van der Waals surface area (Å²) in [7, 11) is 0. The first-order chi connectivity index (χ1) is 16.2. The molecule has 0 aliphatic carbocycles. The minimum absolute atomic E-state index is 0. The Bertz CT molecular complexity index is 1660. The molecule has 6 aromatic rings. The Morgan fingerprint density at radius 2 is 1.41 bits per heavy atom. The third kappa shape index (κ3) is 3.55. The summed E-state index contributed by atoms with van der Waals surface area (Å²) in [6.45, 7) is 0. The monoisotopic (exact) mass is 624 g/mol. The van der Waals surface area contributed by atoms with E-state index in [-0.39, 0.29) is 32.6 Å². The normalized spacial score (nSPS) is 10.9. The van der Waals surface area contributed by atoms with Crippen molar-refractivity contribution in [1.29, 1.82) is 0 Å². The Morgan fingerprint density at radius 3 is 2.24 bits per heavy atom. The molecular formula is C28H19N3O2Pt. The maximum Gasteiger partial charge on any atom is 0.204 e. The molecule has 34 heavy (non-hydrogen) atoms. The number of para-hydroxylation sites is 5. The van der Waals surface area contributed by atoms with Gasteiger partial charge in [0.1, 0.15) is 17.2 Å². The molecule has 0 unspecified atom stereocenters. The molecule has 2 N–H and O–H groups in total. The van der Waals surface area contributed by atoms with E-state index >= 15 is 0 Å². The topological polar surface area (TPSA) is 62.2 Å². The molecule has 0 aliphatic rings. The number of imidazole rings is 1. The van der Waals surface area contributed by atoms with E-state index in [0.29, 0.717) is 22.8 Å². The van der Waals surface area contributed by atoms with Gasteiger partial charge in [0.25, 0.3) is 0 Å². The summed E-state index contributed by atoms with van der Waals surface area (Å²) in [5.41, 5.74) is 3.78. The molecule has 6 heteroatoms. The first-order valence-corrected chi connectivity index (χ1v) is 10.6. The van der Waals surface area contributed by atoms with E-state index in [4.69, 9.17) is 4.98 Å². The predicted molar refractivity (Wildman–Crippen MR) is 128 cm³/mol. The fourth-order valence-corrected chi connectivity index (χ4v) is 4.24. The van der Waals surface area contributed by atoms with Crippen molar-refractivity contribution in [2.75, 3.05) is 0 Å². The zero-order valence-corrected chi connectivity index (χ0v) is 20.1. The number of fused-ring (bicyclic) bond motifs is 2. The number of phenolic OH excluding ortho intramolecular Hbond substituents is 2. The van der Waals surface area contributed by atoms with Crippen LogP contribution in [0, 0.1) is 6.33 Å². The van der Waals surface area contributed by atoms with Crippen LogP contribution >= 0.6 is 0 Å². The van der Waals surface area contributed by atoms with Gasteiger partial charge < -0.3 is 14.8 Å². The van der Waals surface area contributed by atoms with Crippen molar-refractivity contribution in [3.05, 3.63) is 109 Å². The number of hydrogen-bond donors (Lipinski definition) is 2. The predicted octanol–water partition coefficient (Wildman–Crippen LogP) is 5.33. The molecular weight excluding hydrogens is 605 g/mol. The average molecular weight is 625 g/mol. The second-order valence-electron chi connectivity index (χ2n) is 7.82. The van der Waals surface area contributed by atoms with Crippen LogP contribution in [0.2, 0.25) is 0 Å². The van der Waals surface area contributed by atoms with Crippen LogP contribution in [0.15, 0.2) is 103 Å². The average Bonchev–Trinajstić information content (AvgIpc) is 3.24. The van der Waals surface area contributed by atoms with E-state index < -0.39 is 0 Å². The first-order valence-electron chi connectivity index (χ1n) is 10.6. The molecule has 2 aromatic heterocycles. The van der Waals surface area contributed by atoms with Gasteiger partial charge in [-0.05, 0) is 29.7 Å². The summed E-state index contributed by atoms with van der Waals surface area (Å²) >= 11 is 0. The van der Waals surface area contributed by atoms with Gasteiger partial charge >= 0.3 is 0 Å². The van der Waals surface area contributed by atoms with E-state index in [0.717, 1.165) is 21.8 Å². The molecule has 2 heterocycles. The van der Waals surface area contributed by atoms with Crippen LogP contribution in [-0.4, -0.2) is 19.8 Å². The number of phenols is 2. The minimum atomic E-state index is 0. The third-order valence-electron chi connectivity index (χ3n) is 5.80. The summed E-state index contributed by atoms with van der Waals surface area (Å²) in [5.74, 6) is 1.01. The van der Waals surface area contributed by atoms with Gasteiger partial charge in [0.15, 0.2) is 6.33 Å². The third-order valence-corrected chi connectivity index (χ3v) is 5.80. The SMILES string of the molecule is Oc1ccccc1-c1nc(-[n+]2[c-]n(-c3ccccc3O)c3ccccc32)cc2ccccc12.[Pt]. The van der Waals surface area contributed by atoms with Gasteiger partial charge in [-0.2, -0.15) is 0 Å². The maximum atomic E-state index is 10.6. The second kappa shape index (κ2) is 8.77. The maximum absolute atomic E-state index is 10.6. The van der Waals surface area contributed by atoms with Crippen molar-refractivity contribution in [1.82, 2.24) is 9.55 Å². The smallest absolute Gasteiger partial charge is 0.204 e. The second-order valence-corrected chi connectivity index (χ2v) is 7.82. The number of nitrogens with zero attached hydrogens (tertiary/aromatic N) is 3. The Hall–Kier alpha value is -3.95. The van der Waals surface area contributed by atoms with Gasteiger partial charge in [0, 0.05) is 37.5 Å². The van der Waals surface area contributed by atoms with Crippen LogP contribution < -0.4 is 4.57 Å². The molecule has 0 spiro atoms. The van der Waals surface area contributed by atoms with Crippen molar-refractivity contribution in [3.8, 4) is 34.3 Å². The Balaban J connectivity index is 0.00000241. The molecule has 0 radical (unpaired) electrons. The number of aromatic nitrogens is 3. The molecule has 5 nitrogen and oxygen atoms in total. The molecule has 0 bridgehead atoms. The Morgan fingerprint density at radius 1 is 0.735 bits per heavy atom. The van der Waals surface area contributed by atoms with E-state index in [9.17, 15) is 10.2 Å². The summed E-state index contributed by atoms with van der Waals surface area (Å²) in [4.78, 5) is 4.98. The molecule has 0 aliphatic heterocycles. The van der Waals surface area contributed by atoms with E-state index in [1.54, 1.807) is 24.3 Å². The van der Waals surface area contributed by atoms with Crippen LogP contribution in [0.4, 0.5) is 0 Å². The van der Waals surface area contributed by atoms with Crippen LogP contribution in [0.3, 0.4) is 0 Å². The van der Waals surface area contributed by atoms with Crippen molar-refractivity contribution in [2.45, 2.75) is 0 Å². The van der Waals surface area contributed by atoms with Crippen molar-refractivity contribution >= 4 is 21.8 Å². The molecule has 0 saturated carbocycles. The fourth-order valence-electron chi connectivity index (χ4n) is 4.24. The number of aromatic hydroxyl groups is 2. The number of hydrogen-bond acceptors (Lipinski definition) is 3. The summed E-state index contributed by atoms with van der Waals surface area (Å²) in [6.07, 6.45) is 3.37. The molecule has 6 rings (SSSR count). The van der Waals surface area contributed by atoms with Crippen LogP contribution in [-0.2, 0) is 21.1 Å². The number of rotatable bonds is 3. The molecule has 0 saturated heterocycles. The summed E-state index contributed by atoms with van der Waals surface area (Å²) < 4.78 is 3.72. The zero-order valence-electron chi connectivity index (χ0n) is 17.9. The van der Waals surface area contributed by atoms with Gasteiger partial charge in [0.2, 0.25) is 5.82 Å². The standard InChI is InChI=1S/C28H19N3O2.Pt/c32-25-15-7-3-11-21(25)28-20-10-2-1-9-19(20)17-27(29-28)31-18-30(22-12-4-5-13-23(22)31)24-14-6-8-16-26(24)33;/h1-17,32-33H;. The van der Waals surface area contributed by atoms with Gasteiger partial charge in [-0.15, -0.1) is 4.98 Å². The molecule has 0 fully saturated rings. The van der Waals surface area contributed by atoms with Crippen molar-refractivity contribution in [3.63, 3.8) is 0 Å². The molecule has 0 atom stereocenters. The Kier molecular flexibility index (Phi) is 5.64. The van der Waals surface area contributed by atoms with E-state index in [1.807, 2.05) is 88.0 Å². The Labute approximate surface area is 210 Å². The molecule has 168 valence electrons. The fraction of sp³-hybridized carbons (Fsp3) is 0. The molecule has 4 aromatic carbocycles. The van der Waals surface area contributed by atoms with Gasteiger partial charge in [-0.25, -0.2) is 0 Å². The quantitative estimate of drug-likeness (QED) is 0.207.